The molecule has 3 aromatic rings. The van der Waals surface area contributed by atoms with Crippen LogP contribution in [0, 0.1) is 0 Å². The molecule has 2 fully saturated rings. The van der Waals surface area contributed by atoms with Gasteiger partial charge in [-0.2, -0.15) is 0 Å². The van der Waals surface area contributed by atoms with Gasteiger partial charge in [0.15, 0.2) is 0 Å². The lowest BCUT2D eigenvalue weighted by atomic mass is 10.1. The van der Waals surface area contributed by atoms with Gasteiger partial charge < -0.3 is 30.3 Å². The topological polar surface area (TPSA) is 88.8 Å². The zero-order chi connectivity index (χ0) is 24.9. The van der Waals surface area contributed by atoms with Crippen LogP contribution < -0.4 is 20.7 Å². The summed E-state index contributed by atoms with van der Waals surface area (Å²) in [6, 6.07) is 16.7. The Balaban J connectivity index is 1.22. The van der Waals surface area contributed by atoms with E-state index in [-0.39, 0.29) is 6.10 Å². The molecule has 1 aromatic heterocycles. The van der Waals surface area contributed by atoms with E-state index < -0.39 is 0 Å². The van der Waals surface area contributed by atoms with Crippen LogP contribution in [0.2, 0.25) is 0 Å². The lowest BCUT2D eigenvalue weighted by Gasteiger charge is -2.34. The zero-order valence-electron chi connectivity index (χ0n) is 21.2. The summed E-state index contributed by atoms with van der Waals surface area (Å²) in [6.07, 6.45) is 4.01. The van der Waals surface area contributed by atoms with Crippen LogP contribution in [-0.4, -0.2) is 66.4 Å². The second kappa shape index (κ2) is 11.1. The van der Waals surface area contributed by atoms with Crippen LogP contribution in [0.5, 0.6) is 5.75 Å². The molecule has 0 saturated carbocycles. The highest BCUT2D eigenvalue weighted by atomic mass is 16.5. The zero-order valence-corrected chi connectivity index (χ0v) is 21.2. The van der Waals surface area contributed by atoms with Gasteiger partial charge in [-0.3, -0.25) is 0 Å². The van der Waals surface area contributed by atoms with Gasteiger partial charge in [-0.1, -0.05) is 0 Å². The fourth-order valence-electron chi connectivity index (χ4n) is 4.79. The summed E-state index contributed by atoms with van der Waals surface area (Å²) >= 11 is 0. The number of hydrogen-bond donors (Lipinski definition) is 2. The van der Waals surface area contributed by atoms with Crippen LogP contribution in [0.4, 0.5) is 23.0 Å². The van der Waals surface area contributed by atoms with Crippen molar-refractivity contribution in [3.63, 3.8) is 0 Å². The number of nitrogen functional groups attached to an aromatic ring is 1. The molecule has 0 atom stereocenters. The standard InChI is InChI=1S/C28H36N6O2/c1-20(2)33-13-10-24(11-14-33)36-27-8-3-21(19-25(27)29)26-9-12-30-28(32-26)31-22-4-6-23(7-5-22)34-15-17-35-18-16-34/h3-9,12,19-20,24H,10-11,13-18,29H2,1-2H3,(H,30,31,32). The number of aromatic nitrogens is 2. The maximum absolute atomic E-state index is 6.38. The highest BCUT2D eigenvalue weighted by molar-refractivity contribution is 5.69. The van der Waals surface area contributed by atoms with Crippen molar-refractivity contribution in [2.75, 3.05) is 55.3 Å². The largest absolute Gasteiger partial charge is 0.488 e. The van der Waals surface area contributed by atoms with Gasteiger partial charge >= 0.3 is 0 Å². The lowest BCUT2D eigenvalue weighted by Crippen LogP contribution is -2.41. The van der Waals surface area contributed by atoms with Crippen molar-refractivity contribution < 1.29 is 9.47 Å². The molecule has 0 amide bonds. The van der Waals surface area contributed by atoms with E-state index in [9.17, 15) is 0 Å². The summed E-state index contributed by atoms with van der Waals surface area (Å²) in [7, 11) is 0. The molecule has 3 N–H and O–H groups in total. The molecule has 36 heavy (non-hydrogen) atoms. The number of nitrogens with two attached hydrogens (primary N) is 1. The predicted molar refractivity (Wildman–Crippen MR) is 145 cm³/mol. The third-order valence-electron chi connectivity index (χ3n) is 6.96. The van der Waals surface area contributed by atoms with Crippen molar-refractivity contribution >= 4 is 23.0 Å². The molecule has 2 aliphatic rings. The van der Waals surface area contributed by atoms with Gasteiger partial charge in [0, 0.05) is 55.4 Å². The quantitative estimate of drug-likeness (QED) is 0.468. The number of nitrogens with zero attached hydrogens (tertiary/aromatic N) is 4. The van der Waals surface area contributed by atoms with Crippen molar-refractivity contribution in [3.8, 4) is 17.0 Å². The highest BCUT2D eigenvalue weighted by Crippen LogP contribution is 2.30. The molecule has 0 radical (unpaired) electrons. The Morgan fingerprint density at radius 2 is 1.75 bits per heavy atom. The fourth-order valence-corrected chi connectivity index (χ4v) is 4.79. The molecule has 0 spiro atoms. The normalized spacial score (nSPS) is 17.4. The van der Waals surface area contributed by atoms with Crippen LogP contribution in [0.3, 0.4) is 0 Å². The molecule has 2 aromatic carbocycles. The van der Waals surface area contributed by atoms with Crippen LogP contribution in [0.1, 0.15) is 26.7 Å². The predicted octanol–water partition coefficient (Wildman–Crippen LogP) is 4.56. The van der Waals surface area contributed by atoms with Crippen molar-refractivity contribution in [1.82, 2.24) is 14.9 Å². The second-order valence-electron chi connectivity index (χ2n) is 9.74. The third kappa shape index (κ3) is 5.88. The van der Waals surface area contributed by atoms with Crippen molar-refractivity contribution in [3.05, 3.63) is 54.7 Å². The highest BCUT2D eigenvalue weighted by Gasteiger charge is 2.22. The molecule has 0 bridgehead atoms. The average Bonchev–Trinajstić information content (AvgIpc) is 2.91. The molecular formula is C28H36N6O2. The minimum Gasteiger partial charge on any atom is -0.488 e. The molecule has 2 saturated heterocycles. The molecule has 2 aliphatic heterocycles. The van der Waals surface area contributed by atoms with Gasteiger partial charge in [0.2, 0.25) is 5.95 Å². The molecule has 8 nitrogen and oxygen atoms in total. The summed E-state index contributed by atoms with van der Waals surface area (Å²) in [5.74, 6) is 1.29. The van der Waals surface area contributed by atoms with E-state index in [4.69, 9.17) is 20.2 Å². The van der Waals surface area contributed by atoms with E-state index in [1.807, 2.05) is 24.3 Å². The van der Waals surface area contributed by atoms with Crippen LogP contribution in [0.15, 0.2) is 54.7 Å². The number of benzene rings is 2. The molecule has 3 heterocycles. The van der Waals surface area contributed by atoms with Crippen LogP contribution in [-0.2, 0) is 4.74 Å². The molecule has 190 valence electrons. The first-order valence-corrected chi connectivity index (χ1v) is 12.9. The van der Waals surface area contributed by atoms with E-state index in [2.05, 4.69) is 58.2 Å². The van der Waals surface area contributed by atoms with Crippen molar-refractivity contribution in [2.24, 2.45) is 0 Å². The monoisotopic (exact) mass is 488 g/mol. The first-order valence-electron chi connectivity index (χ1n) is 12.9. The summed E-state index contributed by atoms with van der Waals surface area (Å²) in [6.45, 7) is 10.00. The number of likely N-dealkylation sites (tertiary alicyclic amines) is 1. The number of nitrogens with one attached hydrogen (secondary N) is 1. The van der Waals surface area contributed by atoms with Crippen LogP contribution >= 0.6 is 0 Å². The van der Waals surface area contributed by atoms with Gasteiger partial charge in [-0.05, 0) is 75.2 Å². The van der Waals surface area contributed by atoms with E-state index >= 15 is 0 Å². The Hall–Kier alpha value is -3.36. The van der Waals surface area contributed by atoms with Gasteiger partial charge in [0.25, 0.3) is 0 Å². The van der Waals surface area contributed by atoms with Gasteiger partial charge in [-0.25, -0.2) is 9.97 Å². The Kier molecular flexibility index (Phi) is 7.53. The minimum atomic E-state index is 0.206. The van der Waals surface area contributed by atoms with Gasteiger partial charge in [0.1, 0.15) is 11.9 Å². The molecule has 8 heteroatoms. The van der Waals surface area contributed by atoms with Gasteiger partial charge in [0.05, 0.1) is 24.6 Å². The summed E-state index contributed by atoms with van der Waals surface area (Å²) in [5, 5.41) is 3.31. The summed E-state index contributed by atoms with van der Waals surface area (Å²) in [4.78, 5) is 13.9. The number of ether oxygens (including phenoxy) is 2. The number of piperidine rings is 1. The van der Waals surface area contributed by atoms with E-state index in [1.54, 1.807) is 6.20 Å². The van der Waals surface area contributed by atoms with Crippen molar-refractivity contribution in [1.29, 1.82) is 0 Å². The third-order valence-corrected chi connectivity index (χ3v) is 6.96. The Morgan fingerprint density at radius 1 is 1.00 bits per heavy atom. The lowest BCUT2D eigenvalue weighted by molar-refractivity contribution is 0.0848. The number of hydrogen-bond acceptors (Lipinski definition) is 8. The fraction of sp³-hybridized carbons (Fsp3) is 0.429. The molecule has 5 rings (SSSR count). The number of morpholine rings is 1. The number of rotatable bonds is 7. The van der Waals surface area contributed by atoms with Gasteiger partial charge in [-0.15, -0.1) is 0 Å². The minimum absolute atomic E-state index is 0.206. The Labute approximate surface area is 213 Å². The Morgan fingerprint density at radius 3 is 2.44 bits per heavy atom. The van der Waals surface area contributed by atoms with Crippen LogP contribution in [0.25, 0.3) is 11.3 Å². The van der Waals surface area contributed by atoms with E-state index in [0.717, 1.165) is 74.9 Å². The number of anilines is 4. The average molecular weight is 489 g/mol. The summed E-state index contributed by atoms with van der Waals surface area (Å²) in [5.41, 5.74) is 10.9. The summed E-state index contributed by atoms with van der Waals surface area (Å²) < 4.78 is 11.7. The SMILES string of the molecule is CC(C)N1CCC(Oc2ccc(-c3ccnc(Nc4ccc(N5CCOCC5)cc4)n3)cc2N)CC1. The first-order chi connectivity index (χ1) is 17.5. The second-order valence-corrected chi connectivity index (χ2v) is 9.74. The Bertz CT molecular complexity index is 1140. The molecule has 0 aliphatic carbocycles. The van der Waals surface area contributed by atoms with E-state index in [0.29, 0.717) is 17.7 Å². The molecule has 0 unspecified atom stereocenters. The van der Waals surface area contributed by atoms with Crippen molar-refractivity contribution in [2.45, 2.75) is 38.8 Å². The smallest absolute Gasteiger partial charge is 0.227 e. The maximum atomic E-state index is 6.38. The maximum Gasteiger partial charge on any atom is 0.227 e. The first kappa shape index (κ1) is 24.3. The molecular weight excluding hydrogens is 452 g/mol. The van der Waals surface area contributed by atoms with E-state index in [1.165, 1.54) is 5.69 Å².